The zero-order valence-electron chi connectivity index (χ0n) is 17.8. The summed E-state index contributed by atoms with van der Waals surface area (Å²) in [4.78, 5) is 11.4. The lowest BCUT2D eigenvalue weighted by atomic mass is 10.1. The maximum absolute atomic E-state index is 13.7. The van der Waals surface area contributed by atoms with Gasteiger partial charge < -0.3 is 10.3 Å². The maximum Gasteiger partial charge on any atom is 0.156 e. The molecule has 148 valence electrons. The van der Waals surface area contributed by atoms with E-state index in [2.05, 4.69) is 20.3 Å². The first-order valence-electron chi connectivity index (χ1n) is 9.46. The summed E-state index contributed by atoms with van der Waals surface area (Å²) in [6, 6.07) is 6.12. The van der Waals surface area contributed by atoms with Crippen LogP contribution < -0.4 is 5.32 Å². The molecule has 6 nitrogen and oxygen atoms in total. The molecule has 0 amide bonds. The summed E-state index contributed by atoms with van der Waals surface area (Å²) in [6.07, 6.45) is 1.25. The van der Waals surface area contributed by atoms with E-state index in [1.807, 2.05) is 0 Å². The SMILES string of the molecule is [2H]C([2H])([2H])c1nc(NC(c2ccc(F)c(Cl)c2)c2nc(S(C)(=N)=O)c(C)[nH]2)ccc1Cl. The van der Waals surface area contributed by atoms with Crippen LogP contribution in [0.15, 0.2) is 35.4 Å². The van der Waals surface area contributed by atoms with Crippen molar-refractivity contribution in [2.24, 2.45) is 0 Å². The number of anilines is 1. The summed E-state index contributed by atoms with van der Waals surface area (Å²) in [5.41, 5.74) is 0.630. The van der Waals surface area contributed by atoms with Crippen molar-refractivity contribution in [3.05, 3.63) is 69.0 Å². The first-order valence-corrected chi connectivity index (χ1v) is 10.7. The highest BCUT2D eigenvalue weighted by Crippen LogP contribution is 2.29. The van der Waals surface area contributed by atoms with Gasteiger partial charge in [-0.2, -0.15) is 0 Å². The number of pyridine rings is 1. The number of benzene rings is 1. The van der Waals surface area contributed by atoms with Crippen LogP contribution in [0.1, 0.15) is 32.9 Å². The number of aromatic amines is 1. The monoisotopic (exact) mass is 444 g/mol. The number of imidazole rings is 1. The standard InChI is InChI=1S/C18H18Cl2FN5OS/c1-9-12(19)5-7-15(23-9)25-16(11-4-6-14(21)13(20)8-11)17-24-10(2)18(26-17)28(3,22)27/h4-8,16,22H,1-3H3,(H,23,25)(H,24,26)/i1D3. The van der Waals surface area contributed by atoms with E-state index in [9.17, 15) is 8.60 Å². The topological polar surface area (TPSA) is 94.5 Å². The van der Waals surface area contributed by atoms with Gasteiger partial charge in [0.15, 0.2) is 5.03 Å². The molecule has 0 saturated heterocycles. The number of halogens is 3. The van der Waals surface area contributed by atoms with E-state index >= 15 is 0 Å². The quantitative estimate of drug-likeness (QED) is 0.509. The lowest BCUT2D eigenvalue weighted by Crippen LogP contribution is -2.15. The molecular formula is C18H18Cl2FN5OS. The number of rotatable bonds is 5. The van der Waals surface area contributed by atoms with E-state index < -0.39 is 28.4 Å². The van der Waals surface area contributed by atoms with E-state index in [1.54, 1.807) is 6.92 Å². The molecular weight excluding hydrogens is 424 g/mol. The van der Waals surface area contributed by atoms with E-state index in [4.69, 9.17) is 32.1 Å². The van der Waals surface area contributed by atoms with Crippen LogP contribution in [0.25, 0.3) is 0 Å². The maximum atomic E-state index is 13.7. The Kier molecular flexibility index (Phi) is 4.61. The van der Waals surface area contributed by atoms with Crippen molar-refractivity contribution in [3.63, 3.8) is 0 Å². The summed E-state index contributed by atoms with van der Waals surface area (Å²) in [5.74, 6) is -0.179. The van der Waals surface area contributed by atoms with Crippen LogP contribution in [0, 0.1) is 24.4 Å². The number of hydrogen-bond donors (Lipinski definition) is 3. The Morgan fingerprint density at radius 3 is 2.64 bits per heavy atom. The first kappa shape index (κ1) is 16.8. The average Bonchev–Trinajstić information content (AvgIpc) is 3.04. The van der Waals surface area contributed by atoms with Gasteiger partial charge in [-0.1, -0.05) is 29.3 Å². The second-order valence-corrected chi connectivity index (χ2v) is 9.06. The predicted octanol–water partition coefficient (Wildman–Crippen LogP) is 5.10. The zero-order valence-corrected chi connectivity index (χ0v) is 17.1. The Morgan fingerprint density at radius 1 is 1.29 bits per heavy atom. The molecule has 1 aromatic carbocycles. The van der Waals surface area contributed by atoms with Gasteiger partial charge in [0.2, 0.25) is 0 Å². The third kappa shape index (κ3) is 4.29. The van der Waals surface area contributed by atoms with Gasteiger partial charge in [0.05, 0.1) is 25.5 Å². The third-order valence-electron chi connectivity index (χ3n) is 3.92. The molecule has 2 heterocycles. The molecule has 10 heteroatoms. The molecule has 2 aromatic heterocycles. The molecule has 0 fully saturated rings. The molecule has 28 heavy (non-hydrogen) atoms. The zero-order chi connectivity index (χ0) is 23.1. The predicted molar refractivity (Wildman–Crippen MR) is 109 cm³/mol. The largest absolute Gasteiger partial charge is 0.356 e. The van der Waals surface area contributed by atoms with Gasteiger partial charge in [0.1, 0.15) is 23.5 Å². The summed E-state index contributed by atoms with van der Waals surface area (Å²) in [5, 5.41) is 2.98. The Balaban J connectivity index is 2.13. The fourth-order valence-corrected chi connectivity index (χ4v) is 3.86. The van der Waals surface area contributed by atoms with Crippen LogP contribution >= 0.6 is 23.2 Å². The number of aryl methyl sites for hydroxylation is 2. The van der Waals surface area contributed by atoms with E-state index in [0.29, 0.717) is 11.3 Å². The molecule has 0 radical (unpaired) electrons. The van der Waals surface area contributed by atoms with E-state index in [-0.39, 0.29) is 32.4 Å². The molecule has 0 aliphatic carbocycles. The fourth-order valence-electron chi connectivity index (χ4n) is 2.65. The Labute approximate surface area is 176 Å². The smallest absolute Gasteiger partial charge is 0.156 e. The normalized spacial score (nSPS) is 16.5. The van der Waals surface area contributed by atoms with Gasteiger partial charge in [-0.3, -0.25) is 0 Å². The molecule has 3 N–H and O–H groups in total. The number of H-pyrrole nitrogens is 1. The van der Waals surface area contributed by atoms with Crippen LogP contribution in [-0.4, -0.2) is 25.4 Å². The highest BCUT2D eigenvalue weighted by Gasteiger charge is 2.23. The van der Waals surface area contributed by atoms with Gasteiger partial charge in [-0.25, -0.2) is 23.3 Å². The first-order chi connectivity index (χ1) is 14.3. The molecule has 0 aliphatic rings. The minimum atomic E-state index is -3.11. The van der Waals surface area contributed by atoms with Crippen LogP contribution in [0.5, 0.6) is 0 Å². The second kappa shape index (κ2) is 7.69. The van der Waals surface area contributed by atoms with Gasteiger partial charge >= 0.3 is 0 Å². The fraction of sp³-hybridized carbons (Fsp3) is 0.222. The number of nitrogens with zero attached hydrogens (tertiary/aromatic N) is 2. The highest BCUT2D eigenvalue weighted by atomic mass is 35.5. The highest BCUT2D eigenvalue weighted by molar-refractivity contribution is 7.91. The Bertz CT molecular complexity index is 1250. The summed E-state index contributed by atoms with van der Waals surface area (Å²) in [7, 11) is -3.11. The Morgan fingerprint density at radius 2 is 2.04 bits per heavy atom. The number of nitrogens with one attached hydrogen (secondary N) is 3. The van der Waals surface area contributed by atoms with Crippen molar-refractivity contribution in [1.29, 1.82) is 4.78 Å². The number of aromatic nitrogens is 3. The second-order valence-electron chi connectivity index (χ2n) is 6.17. The summed E-state index contributed by atoms with van der Waals surface area (Å²) < 4.78 is 56.6. The van der Waals surface area contributed by atoms with Crippen LogP contribution in [-0.2, 0) is 9.73 Å². The minimum absolute atomic E-state index is 0.0111. The Hall–Kier alpha value is -2.16. The summed E-state index contributed by atoms with van der Waals surface area (Å²) in [6.45, 7) is -0.900. The van der Waals surface area contributed by atoms with Crippen LogP contribution in [0.2, 0.25) is 10.0 Å². The van der Waals surface area contributed by atoms with Gasteiger partial charge in [0.25, 0.3) is 0 Å². The molecule has 0 saturated carbocycles. The lowest BCUT2D eigenvalue weighted by Gasteiger charge is -2.19. The lowest BCUT2D eigenvalue weighted by molar-refractivity contribution is 0.627. The summed E-state index contributed by atoms with van der Waals surface area (Å²) >= 11 is 11.9. The molecule has 0 aliphatic heterocycles. The van der Waals surface area contributed by atoms with Crippen molar-refractivity contribution in [3.8, 4) is 0 Å². The van der Waals surface area contributed by atoms with Gasteiger partial charge in [-0.05, 0) is 43.6 Å². The van der Waals surface area contributed by atoms with Crippen molar-refractivity contribution < 1.29 is 12.7 Å². The van der Waals surface area contributed by atoms with E-state index in [0.717, 1.165) is 0 Å². The van der Waals surface area contributed by atoms with Crippen molar-refractivity contribution >= 4 is 38.7 Å². The average molecular weight is 445 g/mol. The molecule has 2 atom stereocenters. The number of hydrogen-bond acceptors (Lipinski definition) is 5. The van der Waals surface area contributed by atoms with Crippen molar-refractivity contribution in [2.45, 2.75) is 24.8 Å². The minimum Gasteiger partial charge on any atom is -0.356 e. The molecule has 3 rings (SSSR count). The van der Waals surface area contributed by atoms with Crippen molar-refractivity contribution in [1.82, 2.24) is 15.0 Å². The molecule has 0 bridgehead atoms. The van der Waals surface area contributed by atoms with Crippen molar-refractivity contribution in [2.75, 3.05) is 11.6 Å². The molecule has 2 unspecified atom stereocenters. The van der Waals surface area contributed by atoms with Crippen LogP contribution in [0.3, 0.4) is 0 Å². The molecule has 3 aromatic rings. The molecule has 0 spiro atoms. The van der Waals surface area contributed by atoms with E-state index in [1.165, 1.54) is 36.6 Å². The van der Waals surface area contributed by atoms with Gasteiger partial charge in [-0.15, -0.1) is 0 Å². The third-order valence-corrected chi connectivity index (χ3v) is 5.65. The van der Waals surface area contributed by atoms with Crippen LogP contribution in [0.4, 0.5) is 10.2 Å². The van der Waals surface area contributed by atoms with Gasteiger partial charge in [0, 0.05) is 16.1 Å².